The third-order valence-corrected chi connectivity index (χ3v) is 2.02. The smallest absolute Gasteiger partial charge is 0.247 e. The van der Waals surface area contributed by atoms with E-state index in [1.807, 2.05) is 0 Å². The molecule has 0 aliphatic rings. The van der Waals surface area contributed by atoms with Crippen LogP contribution < -0.4 is 4.74 Å². The summed E-state index contributed by atoms with van der Waals surface area (Å²) in [5.74, 6) is -0.619. The Morgan fingerprint density at radius 2 is 2.14 bits per heavy atom. The van der Waals surface area contributed by atoms with Gasteiger partial charge in [-0.2, -0.15) is 0 Å². The van der Waals surface area contributed by atoms with E-state index in [0.29, 0.717) is 11.3 Å². The van der Waals surface area contributed by atoms with Crippen molar-refractivity contribution >= 4 is 0 Å². The van der Waals surface area contributed by atoms with Crippen LogP contribution in [0.15, 0.2) is 24.3 Å². The number of ether oxygens (including phenoxy) is 1. The molecular weight excluding hydrogens is 190 g/mol. The van der Waals surface area contributed by atoms with E-state index in [1.54, 1.807) is 18.2 Å². The molecule has 1 rings (SSSR count). The van der Waals surface area contributed by atoms with Gasteiger partial charge in [-0.1, -0.05) is 12.1 Å². The molecule has 4 heteroatoms. The first-order valence-corrected chi connectivity index (χ1v) is 4.22. The van der Waals surface area contributed by atoms with Crippen molar-refractivity contribution in [3.8, 4) is 5.75 Å². The standard InChI is InChI=1S/C10H12F2O2/c1-14-8-4-2-3-7(5-8)9(6-13)10(11)12/h2-5,9-10,13H,6H2,1H3. The van der Waals surface area contributed by atoms with Crippen LogP contribution in [0.25, 0.3) is 0 Å². The number of aliphatic hydroxyl groups excluding tert-OH is 1. The number of halogens is 2. The minimum atomic E-state index is -2.56. The lowest BCUT2D eigenvalue weighted by atomic mass is 10.0. The van der Waals surface area contributed by atoms with Gasteiger partial charge in [0.05, 0.1) is 19.6 Å². The topological polar surface area (TPSA) is 29.5 Å². The molecule has 1 N–H and O–H groups in total. The minimum absolute atomic E-state index is 0.391. The van der Waals surface area contributed by atoms with E-state index >= 15 is 0 Å². The third-order valence-electron chi connectivity index (χ3n) is 2.02. The van der Waals surface area contributed by atoms with E-state index in [4.69, 9.17) is 9.84 Å². The van der Waals surface area contributed by atoms with E-state index in [-0.39, 0.29) is 0 Å². The maximum atomic E-state index is 12.4. The molecule has 0 aromatic heterocycles. The highest BCUT2D eigenvalue weighted by Gasteiger charge is 2.21. The second-order valence-electron chi connectivity index (χ2n) is 2.90. The molecule has 0 saturated heterocycles. The molecule has 78 valence electrons. The Kier molecular flexibility index (Phi) is 3.83. The van der Waals surface area contributed by atoms with Gasteiger partial charge >= 0.3 is 0 Å². The fourth-order valence-electron chi connectivity index (χ4n) is 1.20. The van der Waals surface area contributed by atoms with E-state index < -0.39 is 19.0 Å². The summed E-state index contributed by atoms with van der Waals surface area (Å²) < 4.78 is 29.7. The van der Waals surface area contributed by atoms with Crippen molar-refractivity contribution in [2.75, 3.05) is 13.7 Å². The zero-order valence-electron chi connectivity index (χ0n) is 7.78. The van der Waals surface area contributed by atoms with Gasteiger partial charge in [0.2, 0.25) is 6.43 Å². The summed E-state index contributed by atoms with van der Waals surface area (Å²) >= 11 is 0. The second kappa shape index (κ2) is 4.91. The Morgan fingerprint density at radius 3 is 2.64 bits per heavy atom. The first-order chi connectivity index (χ1) is 6.69. The molecule has 2 nitrogen and oxygen atoms in total. The lowest BCUT2D eigenvalue weighted by molar-refractivity contribution is 0.0810. The molecule has 0 amide bonds. The molecular formula is C10H12F2O2. The molecule has 1 aromatic carbocycles. The lowest BCUT2D eigenvalue weighted by Gasteiger charge is -2.13. The zero-order valence-corrected chi connectivity index (χ0v) is 7.78. The van der Waals surface area contributed by atoms with Crippen molar-refractivity contribution in [1.29, 1.82) is 0 Å². The predicted molar refractivity (Wildman–Crippen MR) is 48.8 cm³/mol. The number of hydrogen-bond acceptors (Lipinski definition) is 2. The number of aliphatic hydroxyl groups is 1. The van der Waals surface area contributed by atoms with E-state index in [2.05, 4.69) is 0 Å². The Morgan fingerprint density at radius 1 is 1.43 bits per heavy atom. The summed E-state index contributed by atoms with van der Waals surface area (Å²) in [6.45, 7) is -0.565. The number of benzene rings is 1. The predicted octanol–water partition coefficient (Wildman–Crippen LogP) is 2.04. The molecule has 0 aliphatic carbocycles. The first-order valence-electron chi connectivity index (χ1n) is 4.22. The van der Waals surface area contributed by atoms with E-state index in [1.165, 1.54) is 13.2 Å². The van der Waals surface area contributed by atoms with E-state index in [0.717, 1.165) is 0 Å². The molecule has 1 aromatic rings. The highest BCUT2D eigenvalue weighted by Crippen LogP contribution is 2.25. The fraction of sp³-hybridized carbons (Fsp3) is 0.400. The van der Waals surface area contributed by atoms with Crippen LogP contribution in [0.3, 0.4) is 0 Å². The summed E-state index contributed by atoms with van der Waals surface area (Å²) in [6.07, 6.45) is -2.56. The van der Waals surface area contributed by atoms with Crippen LogP contribution in [-0.4, -0.2) is 25.2 Å². The highest BCUT2D eigenvalue weighted by molar-refractivity contribution is 5.31. The summed E-state index contributed by atoms with van der Waals surface area (Å²) in [6, 6.07) is 6.35. The number of alkyl halides is 2. The molecule has 0 radical (unpaired) electrons. The van der Waals surface area contributed by atoms with Crippen molar-refractivity contribution in [2.24, 2.45) is 0 Å². The van der Waals surface area contributed by atoms with Gasteiger partial charge in [0, 0.05) is 0 Å². The van der Waals surface area contributed by atoms with Crippen molar-refractivity contribution < 1.29 is 18.6 Å². The Labute approximate surface area is 81.1 Å². The largest absolute Gasteiger partial charge is 0.497 e. The molecule has 0 bridgehead atoms. The van der Waals surface area contributed by atoms with Crippen molar-refractivity contribution in [2.45, 2.75) is 12.3 Å². The highest BCUT2D eigenvalue weighted by atomic mass is 19.3. The van der Waals surface area contributed by atoms with Gasteiger partial charge in [-0.15, -0.1) is 0 Å². The summed E-state index contributed by atoms with van der Waals surface area (Å²) in [4.78, 5) is 0. The van der Waals surface area contributed by atoms with Gasteiger partial charge in [-0.25, -0.2) is 8.78 Å². The molecule has 1 unspecified atom stereocenters. The molecule has 0 fully saturated rings. The van der Waals surface area contributed by atoms with Crippen LogP contribution in [0.1, 0.15) is 11.5 Å². The van der Waals surface area contributed by atoms with Crippen molar-refractivity contribution in [3.63, 3.8) is 0 Å². The van der Waals surface area contributed by atoms with Gasteiger partial charge in [0.25, 0.3) is 0 Å². The fourth-order valence-corrected chi connectivity index (χ4v) is 1.20. The van der Waals surface area contributed by atoms with Crippen molar-refractivity contribution in [1.82, 2.24) is 0 Å². The summed E-state index contributed by atoms with van der Waals surface area (Å²) in [7, 11) is 1.47. The van der Waals surface area contributed by atoms with Gasteiger partial charge in [0.15, 0.2) is 0 Å². The average Bonchev–Trinajstić information content (AvgIpc) is 2.19. The van der Waals surface area contributed by atoms with Gasteiger partial charge < -0.3 is 9.84 Å². The minimum Gasteiger partial charge on any atom is -0.497 e. The van der Waals surface area contributed by atoms with Crippen LogP contribution in [0, 0.1) is 0 Å². The first kappa shape index (κ1) is 10.9. The van der Waals surface area contributed by atoms with Gasteiger partial charge in [0.1, 0.15) is 5.75 Å². The average molecular weight is 202 g/mol. The Balaban J connectivity index is 2.92. The summed E-state index contributed by atoms with van der Waals surface area (Å²) in [5.41, 5.74) is 0.391. The lowest BCUT2D eigenvalue weighted by Crippen LogP contribution is -2.13. The van der Waals surface area contributed by atoms with Gasteiger partial charge in [-0.3, -0.25) is 0 Å². The van der Waals surface area contributed by atoms with Crippen LogP contribution >= 0.6 is 0 Å². The number of methoxy groups -OCH3 is 1. The third kappa shape index (κ3) is 2.42. The van der Waals surface area contributed by atoms with Gasteiger partial charge in [-0.05, 0) is 17.7 Å². The van der Waals surface area contributed by atoms with Crippen LogP contribution in [0.5, 0.6) is 5.75 Å². The maximum Gasteiger partial charge on any atom is 0.247 e. The van der Waals surface area contributed by atoms with E-state index in [9.17, 15) is 8.78 Å². The van der Waals surface area contributed by atoms with Crippen LogP contribution in [0.2, 0.25) is 0 Å². The quantitative estimate of drug-likeness (QED) is 0.809. The molecule has 0 saturated carbocycles. The monoisotopic (exact) mass is 202 g/mol. The molecule has 0 heterocycles. The molecule has 14 heavy (non-hydrogen) atoms. The number of rotatable bonds is 4. The molecule has 0 spiro atoms. The summed E-state index contributed by atoms with van der Waals surface area (Å²) in [5, 5.41) is 8.79. The van der Waals surface area contributed by atoms with Crippen LogP contribution in [-0.2, 0) is 0 Å². The second-order valence-corrected chi connectivity index (χ2v) is 2.90. The maximum absolute atomic E-state index is 12.4. The zero-order chi connectivity index (χ0) is 10.6. The Bertz CT molecular complexity index is 289. The van der Waals surface area contributed by atoms with Crippen LogP contribution in [0.4, 0.5) is 8.78 Å². The van der Waals surface area contributed by atoms with Crippen molar-refractivity contribution in [3.05, 3.63) is 29.8 Å². The normalized spacial score (nSPS) is 12.9. The number of hydrogen-bond donors (Lipinski definition) is 1. The Hall–Kier alpha value is -1.16. The molecule has 0 aliphatic heterocycles. The SMILES string of the molecule is COc1cccc(C(CO)C(F)F)c1. The molecule has 1 atom stereocenters.